The number of carbonyl (C=O) groups excluding carboxylic acids is 1. The minimum Gasteiger partial charge on any atom is -0.345 e. The number of benzene rings is 1. The average Bonchev–Trinajstić information content (AvgIpc) is 2.46. The van der Waals surface area contributed by atoms with Crippen molar-refractivity contribution in [1.82, 2.24) is 10.3 Å². The number of amides is 1. The van der Waals surface area contributed by atoms with Crippen LogP contribution in [0.2, 0.25) is 0 Å². The molecule has 3 nitrogen and oxygen atoms in total. The van der Waals surface area contributed by atoms with Crippen molar-refractivity contribution in [2.75, 3.05) is 0 Å². The van der Waals surface area contributed by atoms with E-state index in [1.54, 1.807) is 30.5 Å². The van der Waals surface area contributed by atoms with E-state index >= 15 is 0 Å². The van der Waals surface area contributed by atoms with Crippen molar-refractivity contribution in [3.8, 4) is 0 Å². The summed E-state index contributed by atoms with van der Waals surface area (Å²) in [4.78, 5) is 16.1. The zero-order valence-electron chi connectivity index (χ0n) is 11.5. The minimum atomic E-state index is -0.283. The Morgan fingerprint density at radius 1 is 1.20 bits per heavy atom. The minimum absolute atomic E-state index is 0.164. The molecule has 1 amide bonds. The van der Waals surface area contributed by atoms with Crippen molar-refractivity contribution in [3.63, 3.8) is 0 Å². The van der Waals surface area contributed by atoms with Crippen LogP contribution in [0.5, 0.6) is 0 Å². The molecule has 1 heterocycles. The normalized spacial score (nSPS) is 12.2. The Kier molecular flexibility index (Phi) is 4.45. The summed E-state index contributed by atoms with van der Waals surface area (Å²) in [5.74, 6) is -0.267. The summed E-state index contributed by atoms with van der Waals surface area (Å²) in [7, 11) is 0. The summed E-state index contributed by atoms with van der Waals surface area (Å²) >= 11 is 0. The Morgan fingerprint density at radius 3 is 2.45 bits per heavy atom. The lowest BCUT2D eigenvalue weighted by Crippen LogP contribution is -2.31. The van der Waals surface area contributed by atoms with Gasteiger partial charge in [0.25, 0.3) is 5.91 Å². The Morgan fingerprint density at radius 2 is 1.90 bits per heavy atom. The van der Waals surface area contributed by atoms with Crippen LogP contribution in [0.1, 0.15) is 35.8 Å². The summed E-state index contributed by atoms with van der Waals surface area (Å²) in [6.07, 6.45) is 3.15. The molecule has 0 aliphatic carbocycles. The van der Waals surface area contributed by atoms with Crippen LogP contribution in [-0.4, -0.2) is 10.9 Å². The van der Waals surface area contributed by atoms with Crippen LogP contribution in [0.3, 0.4) is 0 Å². The third-order valence-corrected chi connectivity index (χ3v) is 3.11. The third-order valence-electron chi connectivity index (χ3n) is 3.11. The molecule has 1 aromatic carbocycles. The molecule has 4 heteroatoms. The fourth-order valence-corrected chi connectivity index (χ4v) is 2.03. The smallest absolute Gasteiger partial charge is 0.253 e. The summed E-state index contributed by atoms with van der Waals surface area (Å²) < 4.78 is 13.0. The molecule has 0 radical (unpaired) electrons. The monoisotopic (exact) mass is 272 g/mol. The number of halogens is 1. The van der Waals surface area contributed by atoms with Crippen molar-refractivity contribution < 1.29 is 9.18 Å². The van der Waals surface area contributed by atoms with E-state index in [2.05, 4.69) is 10.3 Å². The van der Waals surface area contributed by atoms with Crippen LogP contribution in [0.25, 0.3) is 0 Å². The van der Waals surface area contributed by atoms with Crippen molar-refractivity contribution >= 4 is 5.91 Å². The van der Waals surface area contributed by atoms with Crippen LogP contribution in [0.4, 0.5) is 4.39 Å². The highest BCUT2D eigenvalue weighted by Crippen LogP contribution is 2.22. The number of pyridine rings is 1. The summed E-state index contributed by atoms with van der Waals surface area (Å²) in [6, 6.07) is 9.47. The number of rotatable bonds is 4. The van der Waals surface area contributed by atoms with Crippen LogP contribution >= 0.6 is 0 Å². The fraction of sp³-hybridized carbons (Fsp3) is 0.250. The molecule has 1 N–H and O–H groups in total. The standard InChI is InChI=1S/C16H17FN2O/c1-11(2)15(12-5-7-14(17)8-6-12)19-16(20)13-4-3-9-18-10-13/h3-11,15H,1-2H3,(H,19,20). The maximum atomic E-state index is 13.0. The number of aromatic nitrogens is 1. The van der Waals surface area contributed by atoms with Gasteiger partial charge in [-0.05, 0) is 35.7 Å². The Labute approximate surface area is 117 Å². The van der Waals surface area contributed by atoms with Crippen molar-refractivity contribution in [1.29, 1.82) is 0 Å². The Balaban J connectivity index is 2.18. The van der Waals surface area contributed by atoms with Gasteiger partial charge in [0.15, 0.2) is 0 Å². The first-order valence-corrected chi connectivity index (χ1v) is 6.54. The van der Waals surface area contributed by atoms with Gasteiger partial charge in [-0.15, -0.1) is 0 Å². The summed E-state index contributed by atoms with van der Waals surface area (Å²) in [5, 5.41) is 2.97. The topological polar surface area (TPSA) is 42.0 Å². The highest BCUT2D eigenvalue weighted by atomic mass is 19.1. The largest absolute Gasteiger partial charge is 0.345 e. The van der Waals surface area contributed by atoms with Crippen LogP contribution < -0.4 is 5.32 Å². The third kappa shape index (κ3) is 3.41. The first-order valence-electron chi connectivity index (χ1n) is 6.54. The van der Waals surface area contributed by atoms with Gasteiger partial charge in [-0.3, -0.25) is 9.78 Å². The van der Waals surface area contributed by atoms with Crippen molar-refractivity contribution in [3.05, 3.63) is 65.7 Å². The zero-order valence-corrected chi connectivity index (χ0v) is 11.5. The first-order chi connectivity index (χ1) is 9.58. The quantitative estimate of drug-likeness (QED) is 0.927. The van der Waals surface area contributed by atoms with Gasteiger partial charge in [-0.25, -0.2) is 4.39 Å². The van der Waals surface area contributed by atoms with Gasteiger partial charge >= 0.3 is 0 Å². The van der Waals surface area contributed by atoms with Gasteiger partial charge < -0.3 is 5.32 Å². The fourth-order valence-electron chi connectivity index (χ4n) is 2.03. The number of carbonyl (C=O) groups is 1. The lowest BCUT2D eigenvalue weighted by Gasteiger charge is -2.23. The molecule has 1 unspecified atom stereocenters. The van der Waals surface area contributed by atoms with Gasteiger partial charge in [-0.1, -0.05) is 26.0 Å². The summed E-state index contributed by atoms with van der Waals surface area (Å²) in [6.45, 7) is 4.02. The summed E-state index contributed by atoms with van der Waals surface area (Å²) in [5.41, 5.74) is 1.40. The molecule has 0 spiro atoms. The SMILES string of the molecule is CC(C)C(NC(=O)c1cccnc1)c1ccc(F)cc1. The molecule has 0 saturated heterocycles. The molecule has 0 aliphatic heterocycles. The van der Waals surface area contributed by atoms with Gasteiger partial charge in [0.1, 0.15) is 5.82 Å². The average molecular weight is 272 g/mol. The highest BCUT2D eigenvalue weighted by molar-refractivity contribution is 5.94. The van der Waals surface area contributed by atoms with E-state index in [9.17, 15) is 9.18 Å². The van der Waals surface area contributed by atoms with Gasteiger partial charge in [0, 0.05) is 12.4 Å². The molecule has 1 aromatic heterocycles. The van der Waals surface area contributed by atoms with E-state index in [0.29, 0.717) is 5.56 Å². The van der Waals surface area contributed by atoms with Crippen molar-refractivity contribution in [2.45, 2.75) is 19.9 Å². The number of hydrogen-bond donors (Lipinski definition) is 1. The van der Waals surface area contributed by atoms with Crippen molar-refractivity contribution in [2.24, 2.45) is 5.92 Å². The number of nitrogens with one attached hydrogen (secondary N) is 1. The van der Waals surface area contributed by atoms with E-state index in [1.165, 1.54) is 18.3 Å². The first kappa shape index (κ1) is 14.2. The van der Waals surface area contributed by atoms with Crippen LogP contribution in [-0.2, 0) is 0 Å². The lowest BCUT2D eigenvalue weighted by atomic mass is 9.95. The second-order valence-electron chi connectivity index (χ2n) is 4.99. The molecular weight excluding hydrogens is 255 g/mol. The Hall–Kier alpha value is -2.23. The zero-order chi connectivity index (χ0) is 14.5. The Bertz CT molecular complexity index is 567. The molecule has 0 saturated carbocycles. The predicted octanol–water partition coefficient (Wildman–Crippen LogP) is 3.35. The van der Waals surface area contributed by atoms with E-state index in [-0.39, 0.29) is 23.7 Å². The maximum absolute atomic E-state index is 13.0. The molecule has 2 rings (SSSR count). The van der Waals surface area contributed by atoms with Gasteiger partial charge in [-0.2, -0.15) is 0 Å². The molecule has 20 heavy (non-hydrogen) atoms. The van der Waals surface area contributed by atoms with Gasteiger partial charge in [0.05, 0.1) is 11.6 Å². The molecule has 104 valence electrons. The lowest BCUT2D eigenvalue weighted by molar-refractivity contribution is 0.0925. The van der Waals surface area contributed by atoms with E-state index in [1.807, 2.05) is 13.8 Å². The van der Waals surface area contributed by atoms with E-state index in [4.69, 9.17) is 0 Å². The molecule has 0 aliphatic rings. The molecular formula is C16H17FN2O. The van der Waals surface area contributed by atoms with E-state index < -0.39 is 0 Å². The van der Waals surface area contributed by atoms with Gasteiger partial charge in [0.2, 0.25) is 0 Å². The highest BCUT2D eigenvalue weighted by Gasteiger charge is 2.19. The number of nitrogens with zero attached hydrogens (tertiary/aromatic N) is 1. The van der Waals surface area contributed by atoms with E-state index in [0.717, 1.165) is 5.56 Å². The second-order valence-corrected chi connectivity index (χ2v) is 4.99. The predicted molar refractivity (Wildman–Crippen MR) is 75.7 cm³/mol. The molecule has 0 fully saturated rings. The van der Waals surface area contributed by atoms with Crippen LogP contribution in [0, 0.1) is 11.7 Å². The molecule has 0 bridgehead atoms. The second kappa shape index (κ2) is 6.28. The number of hydrogen-bond acceptors (Lipinski definition) is 2. The molecule has 1 atom stereocenters. The van der Waals surface area contributed by atoms with Crippen LogP contribution in [0.15, 0.2) is 48.8 Å². The maximum Gasteiger partial charge on any atom is 0.253 e. The molecule has 2 aromatic rings.